The number of nitrogens with zero attached hydrogens (tertiary/aromatic N) is 1. The van der Waals surface area contributed by atoms with Crippen LogP contribution in [0, 0.1) is 5.92 Å². The number of hydrogen-bond donors (Lipinski definition) is 3. The molecule has 3 N–H and O–H groups in total. The molecular formula is C22H27N3O4. The molecule has 154 valence electrons. The molecule has 2 atom stereocenters. The Kier molecular flexibility index (Phi) is 8.69. The lowest BCUT2D eigenvalue weighted by Crippen LogP contribution is -2.53. The standard InChI is InChI=1S/C22H27N3O4/c1-16(2)20(25-22(27)29-15-18-11-7-4-8-12-18)21(26)24-19(14-23-28)13-17-9-5-3-6-10-17/h3-12,14,16,19-20,28H,13,15H2,1-2H3,(H,24,26)(H,25,27)/b23-14+. The van der Waals surface area contributed by atoms with Gasteiger partial charge in [-0.2, -0.15) is 0 Å². The lowest BCUT2D eigenvalue weighted by molar-refractivity contribution is -0.124. The lowest BCUT2D eigenvalue weighted by Gasteiger charge is -2.23. The van der Waals surface area contributed by atoms with Gasteiger partial charge in [0.2, 0.25) is 5.91 Å². The van der Waals surface area contributed by atoms with Gasteiger partial charge in [0.15, 0.2) is 0 Å². The van der Waals surface area contributed by atoms with E-state index in [4.69, 9.17) is 9.94 Å². The number of nitrogens with one attached hydrogen (secondary N) is 2. The van der Waals surface area contributed by atoms with Crippen molar-refractivity contribution in [2.75, 3.05) is 0 Å². The molecule has 0 saturated carbocycles. The van der Waals surface area contributed by atoms with Gasteiger partial charge in [-0.25, -0.2) is 4.79 Å². The van der Waals surface area contributed by atoms with E-state index in [9.17, 15) is 9.59 Å². The Balaban J connectivity index is 1.94. The van der Waals surface area contributed by atoms with Crippen LogP contribution in [0.3, 0.4) is 0 Å². The van der Waals surface area contributed by atoms with E-state index in [1.807, 2.05) is 74.5 Å². The Morgan fingerprint density at radius 1 is 1.00 bits per heavy atom. The Morgan fingerprint density at radius 3 is 2.14 bits per heavy atom. The molecule has 2 aromatic carbocycles. The molecule has 2 rings (SSSR count). The summed E-state index contributed by atoms with van der Waals surface area (Å²) in [6, 6.07) is 17.5. The van der Waals surface area contributed by atoms with Crippen LogP contribution in [0.5, 0.6) is 0 Å². The minimum absolute atomic E-state index is 0.118. The number of carbonyl (C=O) groups excluding carboxylic acids is 2. The zero-order valence-corrected chi connectivity index (χ0v) is 16.6. The van der Waals surface area contributed by atoms with Gasteiger partial charge in [-0.05, 0) is 23.5 Å². The van der Waals surface area contributed by atoms with Crippen LogP contribution in [0.2, 0.25) is 0 Å². The molecule has 0 aliphatic rings. The van der Waals surface area contributed by atoms with E-state index in [1.165, 1.54) is 6.21 Å². The van der Waals surface area contributed by atoms with Crippen molar-refractivity contribution >= 4 is 18.2 Å². The number of amides is 2. The summed E-state index contributed by atoms with van der Waals surface area (Å²) in [5.74, 6) is -0.541. The van der Waals surface area contributed by atoms with Crippen molar-refractivity contribution in [1.82, 2.24) is 10.6 Å². The first kappa shape index (κ1) is 21.9. The number of rotatable bonds is 9. The predicted molar refractivity (Wildman–Crippen MR) is 111 cm³/mol. The molecule has 0 aliphatic heterocycles. The second-order valence-corrected chi connectivity index (χ2v) is 7.00. The van der Waals surface area contributed by atoms with E-state index in [0.717, 1.165) is 11.1 Å². The average molecular weight is 397 g/mol. The van der Waals surface area contributed by atoms with Crippen LogP contribution in [-0.4, -0.2) is 35.5 Å². The molecule has 0 heterocycles. The quantitative estimate of drug-likeness (QED) is 0.344. The molecule has 0 aromatic heterocycles. The maximum absolute atomic E-state index is 12.7. The van der Waals surface area contributed by atoms with Gasteiger partial charge >= 0.3 is 6.09 Å². The highest BCUT2D eigenvalue weighted by Crippen LogP contribution is 2.07. The average Bonchev–Trinajstić information content (AvgIpc) is 2.72. The van der Waals surface area contributed by atoms with E-state index >= 15 is 0 Å². The Morgan fingerprint density at radius 2 is 1.59 bits per heavy atom. The Hall–Kier alpha value is -3.35. The zero-order chi connectivity index (χ0) is 21.1. The monoisotopic (exact) mass is 397 g/mol. The van der Waals surface area contributed by atoms with Gasteiger partial charge in [-0.1, -0.05) is 79.7 Å². The number of alkyl carbamates (subject to hydrolysis) is 1. The van der Waals surface area contributed by atoms with E-state index in [-0.39, 0.29) is 18.4 Å². The fourth-order valence-corrected chi connectivity index (χ4v) is 2.79. The van der Waals surface area contributed by atoms with E-state index in [2.05, 4.69) is 15.8 Å². The number of oxime groups is 1. The van der Waals surface area contributed by atoms with Crippen LogP contribution in [0.1, 0.15) is 25.0 Å². The third kappa shape index (κ3) is 7.65. The molecule has 2 aromatic rings. The third-order valence-electron chi connectivity index (χ3n) is 4.31. The molecule has 0 saturated heterocycles. The number of ether oxygens (including phenoxy) is 1. The maximum Gasteiger partial charge on any atom is 0.408 e. The molecular weight excluding hydrogens is 370 g/mol. The van der Waals surface area contributed by atoms with Gasteiger partial charge in [-0.15, -0.1) is 0 Å². The second-order valence-electron chi connectivity index (χ2n) is 7.00. The van der Waals surface area contributed by atoms with Crippen molar-refractivity contribution in [3.05, 3.63) is 71.8 Å². The molecule has 0 spiro atoms. The topological polar surface area (TPSA) is 100 Å². The van der Waals surface area contributed by atoms with Crippen molar-refractivity contribution in [1.29, 1.82) is 0 Å². The number of benzene rings is 2. The maximum atomic E-state index is 12.7. The highest BCUT2D eigenvalue weighted by atomic mass is 16.5. The molecule has 29 heavy (non-hydrogen) atoms. The molecule has 2 amide bonds. The first-order valence-corrected chi connectivity index (χ1v) is 9.48. The van der Waals surface area contributed by atoms with E-state index in [0.29, 0.717) is 6.42 Å². The van der Waals surface area contributed by atoms with Crippen molar-refractivity contribution in [2.45, 2.75) is 39.0 Å². The van der Waals surface area contributed by atoms with Crippen LogP contribution in [0.15, 0.2) is 65.8 Å². The largest absolute Gasteiger partial charge is 0.445 e. The minimum Gasteiger partial charge on any atom is -0.445 e. The highest BCUT2D eigenvalue weighted by molar-refractivity contribution is 5.88. The molecule has 7 heteroatoms. The van der Waals surface area contributed by atoms with Crippen LogP contribution in [-0.2, 0) is 22.6 Å². The second kappa shape index (κ2) is 11.5. The molecule has 0 radical (unpaired) electrons. The fourth-order valence-electron chi connectivity index (χ4n) is 2.79. The minimum atomic E-state index is -0.788. The zero-order valence-electron chi connectivity index (χ0n) is 16.6. The molecule has 0 fully saturated rings. The smallest absolute Gasteiger partial charge is 0.408 e. The van der Waals surface area contributed by atoms with Crippen LogP contribution >= 0.6 is 0 Å². The van der Waals surface area contributed by atoms with Gasteiger partial charge in [0, 0.05) is 0 Å². The van der Waals surface area contributed by atoms with Crippen molar-refractivity contribution in [3.63, 3.8) is 0 Å². The number of hydrogen-bond acceptors (Lipinski definition) is 5. The molecule has 7 nitrogen and oxygen atoms in total. The number of carbonyl (C=O) groups is 2. The van der Waals surface area contributed by atoms with Gasteiger partial charge in [-0.3, -0.25) is 4.79 Å². The summed E-state index contributed by atoms with van der Waals surface area (Å²) in [4.78, 5) is 24.9. The van der Waals surface area contributed by atoms with Crippen LogP contribution in [0.25, 0.3) is 0 Å². The van der Waals surface area contributed by atoms with Crippen LogP contribution in [0.4, 0.5) is 4.79 Å². The first-order chi connectivity index (χ1) is 14.0. The van der Waals surface area contributed by atoms with Gasteiger partial charge in [0.25, 0.3) is 0 Å². The Labute approximate surface area is 170 Å². The van der Waals surface area contributed by atoms with Crippen LogP contribution < -0.4 is 10.6 Å². The van der Waals surface area contributed by atoms with Crippen molar-refractivity contribution < 1.29 is 19.5 Å². The van der Waals surface area contributed by atoms with Crippen molar-refractivity contribution in [2.24, 2.45) is 11.1 Å². The summed E-state index contributed by atoms with van der Waals surface area (Å²) in [6.45, 7) is 3.77. The SMILES string of the molecule is CC(C)C(NC(=O)OCc1ccccc1)C(=O)NC(/C=N/O)Cc1ccccc1. The normalized spacial score (nSPS) is 13.1. The van der Waals surface area contributed by atoms with E-state index in [1.54, 1.807) is 0 Å². The van der Waals surface area contributed by atoms with Gasteiger partial charge in [0.05, 0.1) is 12.3 Å². The van der Waals surface area contributed by atoms with Gasteiger partial charge < -0.3 is 20.6 Å². The Bertz CT molecular complexity index is 794. The summed E-state index contributed by atoms with van der Waals surface area (Å²) < 4.78 is 5.21. The third-order valence-corrected chi connectivity index (χ3v) is 4.31. The summed E-state index contributed by atoms with van der Waals surface area (Å²) in [7, 11) is 0. The van der Waals surface area contributed by atoms with E-state index < -0.39 is 18.2 Å². The summed E-state index contributed by atoms with van der Waals surface area (Å²) >= 11 is 0. The summed E-state index contributed by atoms with van der Waals surface area (Å²) in [6.07, 6.45) is 1.05. The fraction of sp³-hybridized carbons (Fsp3) is 0.318. The summed E-state index contributed by atoms with van der Waals surface area (Å²) in [5, 5.41) is 17.4. The van der Waals surface area contributed by atoms with Crippen molar-refractivity contribution in [3.8, 4) is 0 Å². The predicted octanol–water partition coefficient (Wildman–Crippen LogP) is 3.12. The molecule has 0 aliphatic carbocycles. The molecule has 0 bridgehead atoms. The van der Waals surface area contributed by atoms with Gasteiger partial charge in [0.1, 0.15) is 12.6 Å². The highest BCUT2D eigenvalue weighted by Gasteiger charge is 2.26. The lowest BCUT2D eigenvalue weighted by atomic mass is 10.0. The first-order valence-electron chi connectivity index (χ1n) is 9.48. The summed E-state index contributed by atoms with van der Waals surface area (Å²) in [5.41, 5.74) is 1.84. The molecule has 2 unspecified atom stereocenters.